The molecule has 0 spiro atoms. The number of benzene rings is 2. The van der Waals surface area contributed by atoms with Crippen LogP contribution >= 0.6 is 0 Å². The number of ether oxygens (including phenoxy) is 1. The number of primary amides is 1. The third-order valence-electron chi connectivity index (χ3n) is 5.72. The van der Waals surface area contributed by atoms with E-state index in [-0.39, 0.29) is 18.4 Å². The maximum Gasteiger partial charge on any atom is 0.405 e. The summed E-state index contributed by atoms with van der Waals surface area (Å²) in [4.78, 5) is 40.8. The number of aliphatic imine (C=N–C) groups is 1. The molecule has 6 N–H and O–H groups in total. The van der Waals surface area contributed by atoms with E-state index in [1.165, 1.54) is 0 Å². The molecule has 3 amide bonds. The van der Waals surface area contributed by atoms with Crippen LogP contribution in [0.1, 0.15) is 29.2 Å². The Kier molecular flexibility index (Phi) is 7.66. The zero-order valence-electron chi connectivity index (χ0n) is 18.7. The van der Waals surface area contributed by atoms with E-state index in [4.69, 9.17) is 16.2 Å². The van der Waals surface area contributed by atoms with Gasteiger partial charge in [-0.3, -0.25) is 14.6 Å². The topological polar surface area (TPSA) is 149 Å². The first-order chi connectivity index (χ1) is 15.8. The maximum atomic E-state index is 12.9. The molecule has 0 radical (unpaired) electrons. The molecular weight excluding hydrogens is 422 g/mol. The van der Waals surface area contributed by atoms with Crippen LogP contribution in [0.5, 0.6) is 0 Å². The van der Waals surface area contributed by atoms with Gasteiger partial charge in [0.25, 0.3) is 5.91 Å². The molecule has 1 aliphatic rings. The van der Waals surface area contributed by atoms with Crippen LogP contribution in [0.4, 0.5) is 4.79 Å². The number of amides is 3. The fourth-order valence-electron chi connectivity index (χ4n) is 3.92. The van der Waals surface area contributed by atoms with Crippen molar-refractivity contribution in [2.75, 3.05) is 7.05 Å². The Morgan fingerprint density at radius 3 is 2.18 bits per heavy atom. The molecule has 0 aliphatic heterocycles. The molecule has 2 atom stereocenters. The highest BCUT2D eigenvalue weighted by Crippen LogP contribution is 2.30. The molecule has 3 rings (SSSR count). The average molecular weight is 452 g/mol. The highest BCUT2D eigenvalue weighted by molar-refractivity contribution is 5.97. The summed E-state index contributed by atoms with van der Waals surface area (Å²) in [5.74, 6) is -0.731. The predicted octanol–water partition coefficient (Wildman–Crippen LogP) is 1.02. The zero-order valence-corrected chi connectivity index (χ0v) is 18.7. The molecule has 0 bridgehead atoms. The second-order valence-corrected chi connectivity index (χ2v) is 8.05. The molecule has 9 heteroatoms. The first kappa shape index (κ1) is 23.8. The van der Waals surface area contributed by atoms with Crippen LogP contribution in [0.25, 0.3) is 0 Å². The molecule has 0 saturated carbocycles. The Hall–Kier alpha value is -3.88. The van der Waals surface area contributed by atoms with Crippen molar-refractivity contribution in [3.63, 3.8) is 0 Å². The Morgan fingerprint density at radius 2 is 1.64 bits per heavy atom. The van der Waals surface area contributed by atoms with E-state index in [1.807, 2.05) is 48.5 Å². The summed E-state index contributed by atoms with van der Waals surface area (Å²) in [6, 6.07) is 14.3. The van der Waals surface area contributed by atoms with Crippen LogP contribution in [-0.4, -0.2) is 42.9 Å². The van der Waals surface area contributed by atoms with Crippen molar-refractivity contribution in [3.8, 4) is 0 Å². The summed E-state index contributed by atoms with van der Waals surface area (Å²) >= 11 is 0. The van der Waals surface area contributed by atoms with E-state index in [0.717, 1.165) is 22.3 Å². The molecule has 33 heavy (non-hydrogen) atoms. The lowest BCUT2D eigenvalue weighted by Crippen LogP contribution is -2.51. The largest absolute Gasteiger partial charge is 0.436 e. The number of carbonyl (C=O) groups excluding carboxylic acids is 3. The molecule has 2 aromatic carbocycles. The van der Waals surface area contributed by atoms with Crippen molar-refractivity contribution in [1.82, 2.24) is 10.6 Å². The highest BCUT2D eigenvalue weighted by Gasteiger charge is 2.36. The van der Waals surface area contributed by atoms with Crippen molar-refractivity contribution in [2.45, 2.75) is 38.5 Å². The third-order valence-corrected chi connectivity index (χ3v) is 5.72. The van der Waals surface area contributed by atoms with Gasteiger partial charge < -0.3 is 26.8 Å². The maximum absolute atomic E-state index is 12.9. The number of rotatable bonds is 8. The van der Waals surface area contributed by atoms with Gasteiger partial charge in [-0.15, -0.1) is 0 Å². The van der Waals surface area contributed by atoms with E-state index < -0.39 is 24.1 Å². The summed E-state index contributed by atoms with van der Waals surface area (Å²) < 4.78 is 5.15. The molecule has 0 aromatic heterocycles. The van der Waals surface area contributed by atoms with Crippen molar-refractivity contribution < 1.29 is 19.1 Å². The van der Waals surface area contributed by atoms with Gasteiger partial charge in [0, 0.05) is 25.1 Å². The monoisotopic (exact) mass is 451 g/mol. The molecule has 0 fully saturated rings. The first-order valence-electron chi connectivity index (χ1n) is 10.7. The number of hydrogen-bond acceptors (Lipinski definition) is 5. The summed E-state index contributed by atoms with van der Waals surface area (Å²) in [5.41, 5.74) is 14.9. The fourth-order valence-corrected chi connectivity index (χ4v) is 3.92. The van der Waals surface area contributed by atoms with Gasteiger partial charge in [0.1, 0.15) is 11.9 Å². The molecule has 0 saturated heterocycles. The van der Waals surface area contributed by atoms with Gasteiger partial charge in [-0.05, 0) is 36.5 Å². The lowest BCUT2D eigenvalue weighted by atomic mass is 9.98. The number of amidine groups is 1. The second-order valence-electron chi connectivity index (χ2n) is 8.05. The summed E-state index contributed by atoms with van der Waals surface area (Å²) in [6.45, 7) is 1.85. The van der Waals surface area contributed by atoms with Crippen LogP contribution in [-0.2, 0) is 33.7 Å². The smallest absolute Gasteiger partial charge is 0.405 e. The molecule has 0 unspecified atom stereocenters. The molecule has 2 aromatic rings. The molecular formula is C24H29N5O4. The van der Waals surface area contributed by atoms with Crippen molar-refractivity contribution in [3.05, 3.63) is 70.8 Å². The van der Waals surface area contributed by atoms with Crippen LogP contribution in [0.15, 0.2) is 53.5 Å². The number of hydrogen-bond donors (Lipinski definition) is 4. The molecule has 9 nitrogen and oxygen atoms in total. The third kappa shape index (κ3) is 6.09. The van der Waals surface area contributed by atoms with E-state index >= 15 is 0 Å². The Bertz CT molecular complexity index is 1030. The minimum absolute atomic E-state index is 0.247. The van der Waals surface area contributed by atoms with Gasteiger partial charge in [0.15, 0.2) is 6.10 Å². The van der Waals surface area contributed by atoms with Crippen molar-refractivity contribution in [1.29, 1.82) is 0 Å². The Labute approximate surface area is 192 Å². The zero-order chi connectivity index (χ0) is 24.0. The van der Waals surface area contributed by atoms with Crippen LogP contribution in [0.3, 0.4) is 0 Å². The van der Waals surface area contributed by atoms with Gasteiger partial charge >= 0.3 is 6.09 Å². The predicted molar refractivity (Wildman–Crippen MR) is 124 cm³/mol. The van der Waals surface area contributed by atoms with Gasteiger partial charge in [-0.2, -0.15) is 0 Å². The Morgan fingerprint density at radius 1 is 1.03 bits per heavy atom. The number of nitrogens with zero attached hydrogens (tertiary/aromatic N) is 1. The minimum Gasteiger partial charge on any atom is -0.436 e. The molecule has 1 aliphatic carbocycles. The normalized spacial score (nSPS) is 15.3. The lowest BCUT2D eigenvalue weighted by Gasteiger charge is -2.24. The standard InChI is InChI=1S/C24H29N5O4/c1-14(22(30)28-13-15-7-9-16(10-8-15)21(25)27-2)29-23(31)20(33-24(26)32)19-11-17-5-3-4-6-18(17)12-19/h3-10,14,19-20H,11-13H2,1-2H3,(H2,25,27)(H2,26,32)(H,28,30)(H,29,31)/t14-,20+/m0/s1. The van der Waals surface area contributed by atoms with Gasteiger partial charge in [-0.25, -0.2) is 4.79 Å². The van der Waals surface area contributed by atoms with Gasteiger partial charge in [0.2, 0.25) is 5.91 Å². The van der Waals surface area contributed by atoms with Crippen LogP contribution < -0.4 is 22.1 Å². The molecule has 174 valence electrons. The lowest BCUT2D eigenvalue weighted by molar-refractivity contribution is -0.135. The second kappa shape index (κ2) is 10.6. The highest BCUT2D eigenvalue weighted by atomic mass is 16.6. The quantitative estimate of drug-likeness (QED) is 0.349. The van der Waals surface area contributed by atoms with Crippen LogP contribution in [0.2, 0.25) is 0 Å². The molecule has 0 heterocycles. The first-order valence-corrected chi connectivity index (χ1v) is 10.7. The van der Waals surface area contributed by atoms with Crippen molar-refractivity contribution >= 4 is 23.7 Å². The van der Waals surface area contributed by atoms with Crippen molar-refractivity contribution in [2.24, 2.45) is 22.4 Å². The average Bonchev–Trinajstić information content (AvgIpc) is 3.24. The summed E-state index contributed by atoms with van der Waals surface area (Å²) in [7, 11) is 1.61. The van der Waals surface area contributed by atoms with Gasteiger partial charge in [-0.1, -0.05) is 48.5 Å². The summed E-state index contributed by atoms with van der Waals surface area (Å²) in [6.07, 6.45) is -0.930. The number of carbonyl (C=O) groups is 3. The number of fused-ring (bicyclic) bond motifs is 1. The van der Waals surface area contributed by atoms with E-state index in [9.17, 15) is 14.4 Å². The minimum atomic E-state index is -1.08. The van der Waals surface area contributed by atoms with E-state index in [0.29, 0.717) is 18.7 Å². The Balaban J connectivity index is 1.56. The number of nitrogens with two attached hydrogens (primary N) is 2. The fraction of sp³-hybridized carbons (Fsp3) is 0.333. The SMILES string of the molecule is CN=C(N)c1ccc(CNC(=O)[C@H](C)NC(=O)[C@H](OC(N)=O)C2Cc3ccccc3C2)cc1. The van der Waals surface area contributed by atoms with Crippen LogP contribution in [0, 0.1) is 5.92 Å². The summed E-state index contributed by atoms with van der Waals surface area (Å²) in [5, 5.41) is 5.42. The van der Waals surface area contributed by atoms with E-state index in [2.05, 4.69) is 15.6 Å². The van der Waals surface area contributed by atoms with E-state index in [1.54, 1.807) is 14.0 Å². The number of nitrogens with one attached hydrogen (secondary N) is 2. The van der Waals surface area contributed by atoms with Gasteiger partial charge in [0.05, 0.1) is 0 Å².